The molecule has 6 heteroatoms. The van der Waals surface area contributed by atoms with Gasteiger partial charge in [-0.2, -0.15) is 0 Å². The molecule has 0 aromatic heterocycles. The van der Waals surface area contributed by atoms with Gasteiger partial charge in [0.25, 0.3) is 0 Å². The van der Waals surface area contributed by atoms with Crippen LogP contribution < -0.4 is 5.73 Å². The third kappa shape index (κ3) is 3.48. The van der Waals surface area contributed by atoms with Crippen molar-refractivity contribution in [1.82, 2.24) is 9.80 Å². The van der Waals surface area contributed by atoms with Crippen LogP contribution in [0.3, 0.4) is 0 Å². The number of carbonyl (C=O) groups is 1. The van der Waals surface area contributed by atoms with Crippen molar-refractivity contribution in [1.29, 1.82) is 0 Å². The van der Waals surface area contributed by atoms with Gasteiger partial charge in [-0.15, -0.1) is 0 Å². The third-order valence-corrected chi connectivity index (χ3v) is 4.97. The van der Waals surface area contributed by atoms with Gasteiger partial charge in [0.05, 0.1) is 0 Å². The van der Waals surface area contributed by atoms with Crippen LogP contribution in [-0.2, 0) is 4.79 Å². The van der Waals surface area contributed by atoms with Crippen LogP contribution in [0.5, 0.6) is 0 Å². The Morgan fingerprint density at radius 2 is 1.71 bits per heavy atom. The molecule has 120 valence electrons. The minimum absolute atomic E-state index is 0.0648. The highest BCUT2D eigenvalue weighted by molar-refractivity contribution is 6.06. The number of amides is 1. The predicted molar refractivity (Wildman–Crippen MR) is 82.2 cm³/mol. The van der Waals surface area contributed by atoms with E-state index in [2.05, 4.69) is 17.1 Å². The van der Waals surface area contributed by atoms with Crippen molar-refractivity contribution in [2.24, 2.45) is 16.3 Å². The van der Waals surface area contributed by atoms with E-state index < -0.39 is 5.41 Å². The Kier molecular flexibility index (Phi) is 5.45. The predicted octanol–water partition coefficient (Wildman–Crippen LogP) is 1.24. The van der Waals surface area contributed by atoms with Crippen LogP contribution in [0, 0.1) is 5.41 Å². The molecule has 0 unspecified atom stereocenters. The van der Waals surface area contributed by atoms with E-state index in [9.17, 15) is 10.0 Å². The molecule has 1 saturated heterocycles. The number of hydrogen-bond donors (Lipinski definition) is 2. The highest BCUT2D eigenvalue weighted by Crippen LogP contribution is 2.37. The lowest BCUT2D eigenvalue weighted by atomic mass is 9.77. The molecular weight excluding hydrogens is 268 g/mol. The zero-order valence-electron chi connectivity index (χ0n) is 13.1. The minimum atomic E-state index is -0.784. The largest absolute Gasteiger partial charge is 0.409 e. The Balaban J connectivity index is 2.21. The highest BCUT2D eigenvalue weighted by atomic mass is 16.4. The monoisotopic (exact) mass is 296 g/mol. The fourth-order valence-electron chi connectivity index (χ4n) is 3.56. The number of carbonyl (C=O) groups excluding carboxylic acids is 1. The summed E-state index contributed by atoms with van der Waals surface area (Å²) in [5.41, 5.74) is 5.18. The van der Waals surface area contributed by atoms with Crippen LogP contribution in [0.1, 0.15) is 44.9 Å². The number of amidine groups is 1. The van der Waals surface area contributed by atoms with Crippen molar-refractivity contribution in [2.45, 2.75) is 44.9 Å². The lowest BCUT2D eigenvalue weighted by Gasteiger charge is -2.35. The molecule has 21 heavy (non-hydrogen) atoms. The maximum absolute atomic E-state index is 13.1. The maximum Gasteiger partial charge on any atom is 0.236 e. The molecule has 0 aromatic carbocycles. The third-order valence-electron chi connectivity index (χ3n) is 4.97. The average molecular weight is 296 g/mol. The van der Waals surface area contributed by atoms with E-state index in [1.165, 1.54) is 0 Å². The van der Waals surface area contributed by atoms with E-state index in [4.69, 9.17) is 5.73 Å². The molecule has 2 aliphatic rings. The molecule has 2 rings (SSSR count). The molecule has 1 aliphatic heterocycles. The Labute approximate surface area is 127 Å². The van der Waals surface area contributed by atoms with Gasteiger partial charge in [-0.1, -0.05) is 30.8 Å². The molecule has 0 bridgehead atoms. The van der Waals surface area contributed by atoms with Gasteiger partial charge in [-0.05, 0) is 32.9 Å². The molecule has 3 N–H and O–H groups in total. The molecule has 1 saturated carbocycles. The average Bonchev–Trinajstić information content (AvgIpc) is 2.86. The lowest BCUT2D eigenvalue weighted by Crippen LogP contribution is -2.52. The van der Waals surface area contributed by atoms with Gasteiger partial charge >= 0.3 is 0 Å². The highest BCUT2D eigenvalue weighted by Gasteiger charge is 2.45. The number of oxime groups is 1. The number of likely N-dealkylation sites (N-methyl/N-ethyl adjacent to an activating group) is 1. The normalized spacial score (nSPS) is 25.2. The molecule has 2 fully saturated rings. The molecule has 1 amide bonds. The molecule has 0 aromatic rings. The SMILES string of the molecule is CN1CCCN(C(=O)C2(C(N)=NO)CCCCCC2)CC1. The van der Waals surface area contributed by atoms with Gasteiger partial charge < -0.3 is 20.7 Å². The summed E-state index contributed by atoms with van der Waals surface area (Å²) in [7, 11) is 2.08. The molecule has 0 radical (unpaired) electrons. The Morgan fingerprint density at radius 1 is 1.05 bits per heavy atom. The Hall–Kier alpha value is -1.30. The summed E-state index contributed by atoms with van der Waals surface area (Å²) in [6, 6.07) is 0. The fraction of sp³-hybridized carbons (Fsp3) is 0.867. The lowest BCUT2D eigenvalue weighted by molar-refractivity contribution is -0.139. The Bertz CT molecular complexity index is 389. The number of hydrogen-bond acceptors (Lipinski definition) is 4. The van der Waals surface area contributed by atoms with Crippen LogP contribution >= 0.6 is 0 Å². The van der Waals surface area contributed by atoms with Crippen LogP contribution in [0.25, 0.3) is 0 Å². The van der Waals surface area contributed by atoms with E-state index in [0.717, 1.165) is 58.3 Å². The first-order valence-corrected chi connectivity index (χ1v) is 8.06. The van der Waals surface area contributed by atoms with Gasteiger partial charge in [-0.25, -0.2) is 0 Å². The second kappa shape index (κ2) is 7.11. The van der Waals surface area contributed by atoms with Crippen LogP contribution in [0.4, 0.5) is 0 Å². The smallest absolute Gasteiger partial charge is 0.236 e. The Morgan fingerprint density at radius 3 is 2.33 bits per heavy atom. The first kappa shape index (κ1) is 16.1. The quantitative estimate of drug-likeness (QED) is 0.264. The first-order valence-electron chi connectivity index (χ1n) is 8.06. The van der Waals surface area contributed by atoms with Crippen molar-refractivity contribution in [3.05, 3.63) is 0 Å². The summed E-state index contributed by atoms with van der Waals surface area (Å²) in [6.07, 6.45) is 6.56. The second-order valence-electron chi connectivity index (χ2n) is 6.43. The zero-order chi connectivity index (χ0) is 15.3. The summed E-state index contributed by atoms with van der Waals surface area (Å²) < 4.78 is 0. The van der Waals surface area contributed by atoms with Crippen LogP contribution in [-0.4, -0.2) is 60.0 Å². The summed E-state index contributed by atoms with van der Waals surface area (Å²) in [6.45, 7) is 3.40. The number of rotatable bonds is 2. The van der Waals surface area contributed by atoms with Crippen molar-refractivity contribution >= 4 is 11.7 Å². The minimum Gasteiger partial charge on any atom is -0.409 e. The van der Waals surface area contributed by atoms with Crippen molar-refractivity contribution < 1.29 is 10.0 Å². The van der Waals surface area contributed by atoms with E-state index in [-0.39, 0.29) is 11.7 Å². The van der Waals surface area contributed by atoms with Gasteiger partial charge in [0, 0.05) is 19.6 Å². The summed E-state index contributed by atoms with van der Waals surface area (Å²) in [5.74, 6) is 0.169. The number of nitrogens with two attached hydrogens (primary N) is 1. The number of nitrogens with zero attached hydrogens (tertiary/aromatic N) is 3. The zero-order valence-corrected chi connectivity index (χ0v) is 13.1. The van der Waals surface area contributed by atoms with E-state index in [1.807, 2.05) is 4.90 Å². The second-order valence-corrected chi connectivity index (χ2v) is 6.43. The summed E-state index contributed by atoms with van der Waals surface area (Å²) >= 11 is 0. The van der Waals surface area contributed by atoms with E-state index in [1.54, 1.807) is 0 Å². The molecule has 0 spiro atoms. The van der Waals surface area contributed by atoms with Crippen LogP contribution in [0.2, 0.25) is 0 Å². The molecule has 0 atom stereocenters. The van der Waals surface area contributed by atoms with Gasteiger partial charge in [0.15, 0.2) is 5.84 Å². The van der Waals surface area contributed by atoms with E-state index in [0.29, 0.717) is 12.8 Å². The van der Waals surface area contributed by atoms with Gasteiger partial charge in [-0.3, -0.25) is 4.79 Å². The summed E-state index contributed by atoms with van der Waals surface area (Å²) in [4.78, 5) is 17.3. The molecule has 1 aliphatic carbocycles. The topological polar surface area (TPSA) is 82.2 Å². The molecular formula is C15H28N4O2. The van der Waals surface area contributed by atoms with E-state index >= 15 is 0 Å². The first-order chi connectivity index (χ1) is 10.1. The van der Waals surface area contributed by atoms with Gasteiger partial charge in [0.2, 0.25) is 5.91 Å². The van der Waals surface area contributed by atoms with Crippen molar-refractivity contribution in [2.75, 3.05) is 33.2 Å². The molecule has 1 heterocycles. The van der Waals surface area contributed by atoms with Crippen molar-refractivity contribution in [3.8, 4) is 0 Å². The maximum atomic E-state index is 13.1. The van der Waals surface area contributed by atoms with Crippen LogP contribution in [0.15, 0.2) is 5.16 Å². The van der Waals surface area contributed by atoms with Gasteiger partial charge in [0.1, 0.15) is 5.41 Å². The fourth-order valence-corrected chi connectivity index (χ4v) is 3.56. The molecule has 6 nitrogen and oxygen atoms in total. The standard InChI is InChI=1S/C15H28N4O2/c1-18-9-6-10-19(12-11-18)14(20)15(13(16)17-21)7-4-2-3-5-8-15/h21H,2-12H2,1H3,(H2,16,17). The van der Waals surface area contributed by atoms with Crippen molar-refractivity contribution in [3.63, 3.8) is 0 Å². The summed E-state index contributed by atoms with van der Waals surface area (Å²) in [5, 5.41) is 12.4.